The molecule has 0 bridgehead atoms. The summed E-state index contributed by atoms with van der Waals surface area (Å²) in [6.45, 7) is 11.1. The summed E-state index contributed by atoms with van der Waals surface area (Å²) < 4.78 is 5.90. The number of nitrogens with one attached hydrogen (secondary N) is 1. The molecule has 3 N–H and O–H groups in total. The molecular formula is C15H25ClN2O. The van der Waals surface area contributed by atoms with Crippen molar-refractivity contribution < 1.29 is 4.74 Å². The molecule has 0 aliphatic carbocycles. The molecule has 0 fully saturated rings. The zero-order valence-electron chi connectivity index (χ0n) is 12.5. The lowest BCUT2D eigenvalue weighted by Gasteiger charge is -2.36. The van der Waals surface area contributed by atoms with Crippen LogP contribution in [0.4, 0.5) is 0 Å². The number of rotatable bonds is 5. The number of hydrogen-bond donors (Lipinski definition) is 2. The predicted octanol–water partition coefficient (Wildman–Crippen LogP) is 3.60. The summed E-state index contributed by atoms with van der Waals surface area (Å²) >= 11 is 6.20. The average Bonchev–Trinajstić information content (AvgIpc) is 2.32. The highest BCUT2D eigenvalue weighted by molar-refractivity contribution is 6.31. The van der Waals surface area contributed by atoms with E-state index in [1.165, 1.54) is 0 Å². The Bertz CT molecular complexity index is 415. The van der Waals surface area contributed by atoms with Gasteiger partial charge in [0.15, 0.2) is 0 Å². The van der Waals surface area contributed by atoms with Gasteiger partial charge in [0.25, 0.3) is 0 Å². The van der Waals surface area contributed by atoms with Crippen LogP contribution in [0, 0.1) is 12.3 Å². The van der Waals surface area contributed by atoms with Gasteiger partial charge in [0.05, 0.1) is 12.1 Å². The summed E-state index contributed by atoms with van der Waals surface area (Å²) in [5.74, 6) is 5.75. The van der Waals surface area contributed by atoms with E-state index in [-0.39, 0.29) is 17.6 Å². The fraction of sp³-hybridized carbons (Fsp3) is 0.600. The molecule has 19 heavy (non-hydrogen) atoms. The van der Waals surface area contributed by atoms with E-state index in [0.29, 0.717) is 6.61 Å². The van der Waals surface area contributed by atoms with Gasteiger partial charge in [0.1, 0.15) is 0 Å². The maximum absolute atomic E-state index is 6.20. The van der Waals surface area contributed by atoms with Gasteiger partial charge >= 0.3 is 0 Å². The molecule has 0 aliphatic heterocycles. The molecule has 0 aromatic heterocycles. The molecule has 1 rings (SSSR count). The van der Waals surface area contributed by atoms with E-state index in [1.54, 1.807) is 0 Å². The first-order valence-electron chi connectivity index (χ1n) is 6.65. The first kappa shape index (κ1) is 16.4. The highest BCUT2D eigenvalue weighted by Gasteiger charge is 2.33. The van der Waals surface area contributed by atoms with Crippen molar-refractivity contribution in [1.29, 1.82) is 0 Å². The van der Waals surface area contributed by atoms with Crippen molar-refractivity contribution in [1.82, 2.24) is 5.43 Å². The maximum Gasteiger partial charge on any atom is 0.0830 e. The van der Waals surface area contributed by atoms with Crippen LogP contribution in [0.5, 0.6) is 0 Å². The average molecular weight is 285 g/mol. The molecule has 1 aromatic carbocycles. The van der Waals surface area contributed by atoms with Crippen LogP contribution in [-0.4, -0.2) is 12.7 Å². The van der Waals surface area contributed by atoms with Gasteiger partial charge in [-0.05, 0) is 36.5 Å². The Kier molecular flexibility index (Phi) is 5.81. The van der Waals surface area contributed by atoms with E-state index >= 15 is 0 Å². The van der Waals surface area contributed by atoms with Crippen molar-refractivity contribution in [3.05, 3.63) is 34.3 Å². The van der Waals surface area contributed by atoms with Gasteiger partial charge in [0, 0.05) is 11.6 Å². The summed E-state index contributed by atoms with van der Waals surface area (Å²) in [5, 5.41) is 0.752. The number of halogens is 1. The highest BCUT2D eigenvalue weighted by Crippen LogP contribution is 2.33. The van der Waals surface area contributed by atoms with Crippen molar-refractivity contribution in [3.8, 4) is 0 Å². The molecule has 0 heterocycles. The predicted molar refractivity (Wildman–Crippen MR) is 81.1 cm³/mol. The molecule has 2 atom stereocenters. The third-order valence-electron chi connectivity index (χ3n) is 3.24. The number of aryl methyl sites for hydroxylation is 1. The zero-order chi connectivity index (χ0) is 14.6. The Labute approximate surface area is 121 Å². The number of benzene rings is 1. The van der Waals surface area contributed by atoms with Gasteiger partial charge < -0.3 is 4.74 Å². The molecule has 0 spiro atoms. The Morgan fingerprint density at radius 2 is 2.00 bits per heavy atom. The second kappa shape index (κ2) is 6.71. The van der Waals surface area contributed by atoms with Crippen LogP contribution in [0.2, 0.25) is 5.02 Å². The number of nitrogens with two attached hydrogens (primary N) is 1. The molecule has 4 heteroatoms. The lowest BCUT2D eigenvalue weighted by atomic mass is 9.82. The summed E-state index contributed by atoms with van der Waals surface area (Å²) in [4.78, 5) is 0. The first-order chi connectivity index (χ1) is 8.81. The minimum Gasteiger partial charge on any atom is -0.376 e. The molecule has 0 amide bonds. The largest absolute Gasteiger partial charge is 0.376 e. The van der Waals surface area contributed by atoms with Gasteiger partial charge in [0.2, 0.25) is 0 Å². The van der Waals surface area contributed by atoms with Gasteiger partial charge in [-0.25, -0.2) is 0 Å². The van der Waals surface area contributed by atoms with E-state index in [2.05, 4.69) is 26.2 Å². The van der Waals surface area contributed by atoms with E-state index < -0.39 is 0 Å². The first-order valence-corrected chi connectivity index (χ1v) is 7.02. The van der Waals surface area contributed by atoms with Crippen LogP contribution in [0.3, 0.4) is 0 Å². The lowest BCUT2D eigenvalue weighted by molar-refractivity contribution is -0.0366. The minimum absolute atomic E-state index is 0.0234. The Balaban J connectivity index is 3.12. The molecule has 3 nitrogen and oxygen atoms in total. The molecule has 0 saturated heterocycles. The molecule has 1 aromatic rings. The van der Waals surface area contributed by atoms with Gasteiger partial charge in [-0.1, -0.05) is 44.5 Å². The number of hydrazine groups is 1. The summed E-state index contributed by atoms with van der Waals surface area (Å²) in [7, 11) is 0. The van der Waals surface area contributed by atoms with Crippen LogP contribution in [0.25, 0.3) is 0 Å². The SMILES string of the molecule is CCOC(C(NN)c1ccc(C)c(Cl)c1)C(C)(C)C. The molecule has 0 aliphatic rings. The molecular weight excluding hydrogens is 260 g/mol. The van der Waals surface area contributed by atoms with Gasteiger partial charge in [-0.3, -0.25) is 11.3 Å². The minimum atomic E-state index is -0.0851. The van der Waals surface area contributed by atoms with Gasteiger partial charge in [-0.15, -0.1) is 0 Å². The second-order valence-electron chi connectivity index (χ2n) is 5.89. The number of ether oxygens (including phenoxy) is 1. The lowest BCUT2D eigenvalue weighted by Crippen LogP contribution is -2.44. The van der Waals surface area contributed by atoms with Crippen LogP contribution < -0.4 is 11.3 Å². The van der Waals surface area contributed by atoms with E-state index in [4.69, 9.17) is 22.2 Å². The van der Waals surface area contributed by atoms with Crippen molar-refractivity contribution in [3.63, 3.8) is 0 Å². The Morgan fingerprint density at radius 3 is 2.42 bits per heavy atom. The Morgan fingerprint density at radius 1 is 1.37 bits per heavy atom. The van der Waals surface area contributed by atoms with Crippen LogP contribution in [-0.2, 0) is 4.74 Å². The molecule has 0 radical (unpaired) electrons. The zero-order valence-corrected chi connectivity index (χ0v) is 13.2. The van der Waals surface area contributed by atoms with E-state index in [1.807, 2.05) is 32.0 Å². The molecule has 108 valence electrons. The fourth-order valence-electron chi connectivity index (χ4n) is 2.19. The summed E-state index contributed by atoms with van der Waals surface area (Å²) in [6.07, 6.45) is -0.0266. The second-order valence-corrected chi connectivity index (χ2v) is 6.30. The van der Waals surface area contributed by atoms with Gasteiger partial charge in [-0.2, -0.15) is 0 Å². The van der Waals surface area contributed by atoms with Crippen molar-refractivity contribution in [2.24, 2.45) is 11.3 Å². The number of hydrogen-bond acceptors (Lipinski definition) is 3. The Hall–Kier alpha value is -0.610. The summed E-state index contributed by atoms with van der Waals surface area (Å²) in [6, 6.07) is 5.93. The quantitative estimate of drug-likeness (QED) is 0.641. The van der Waals surface area contributed by atoms with Crippen molar-refractivity contribution in [2.75, 3.05) is 6.61 Å². The normalized spacial score (nSPS) is 15.3. The molecule has 0 saturated carbocycles. The van der Waals surface area contributed by atoms with Crippen LogP contribution in [0.1, 0.15) is 44.9 Å². The maximum atomic E-state index is 6.20. The fourth-order valence-corrected chi connectivity index (χ4v) is 2.38. The smallest absolute Gasteiger partial charge is 0.0830 e. The van der Waals surface area contributed by atoms with Crippen molar-refractivity contribution in [2.45, 2.75) is 46.8 Å². The third-order valence-corrected chi connectivity index (χ3v) is 3.64. The standard InChI is InChI=1S/C15H25ClN2O/c1-6-19-14(15(3,4)5)13(18-17)11-8-7-10(2)12(16)9-11/h7-9,13-14,18H,6,17H2,1-5H3. The third kappa shape index (κ3) is 4.18. The monoisotopic (exact) mass is 284 g/mol. The van der Waals surface area contributed by atoms with E-state index in [0.717, 1.165) is 16.1 Å². The molecule has 2 unspecified atom stereocenters. The van der Waals surface area contributed by atoms with Crippen molar-refractivity contribution >= 4 is 11.6 Å². The highest BCUT2D eigenvalue weighted by atomic mass is 35.5. The van der Waals surface area contributed by atoms with Crippen LogP contribution in [0.15, 0.2) is 18.2 Å². The van der Waals surface area contributed by atoms with E-state index in [9.17, 15) is 0 Å². The van der Waals surface area contributed by atoms with Crippen LogP contribution >= 0.6 is 11.6 Å². The topological polar surface area (TPSA) is 47.3 Å². The summed E-state index contributed by atoms with van der Waals surface area (Å²) in [5.41, 5.74) is 4.96.